The van der Waals surface area contributed by atoms with E-state index >= 15 is 0 Å². The summed E-state index contributed by atoms with van der Waals surface area (Å²) in [5.74, 6) is 0.0625. The number of benzene rings is 1. The van der Waals surface area contributed by atoms with Crippen LogP contribution in [0.15, 0.2) is 18.2 Å². The summed E-state index contributed by atoms with van der Waals surface area (Å²) in [5, 5.41) is 12.0. The molecule has 82 valence electrons. The van der Waals surface area contributed by atoms with E-state index in [9.17, 15) is 9.90 Å². The highest BCUT2D eigenvalue weighted by Crippen LogP contribution is 2.28. The van der Waals surface area contributed by atoms with Gasteiger partial charge in [-0.05, 0) is 29.2 Å². The van der Waals surface area contributed by atoms with Crippen molar-refractivity contribution in [3.05, 3.63) is 29.3 Å². The molecule has 0 saturated carbocycles. The molecule has 0 fully saturated rings. The van der Waals surface area contributed by atoms with Gasteiger partial charge in [0.1, 0.15) is 5.75 Å². The van der Waals surface area contributed by atoms with Crippen molar-refractivity contribution in [1.29, 1.82) is 0 Å². The zero-order valence-electron chi connectivity index (χ0n) is 9.59. The van der Waals surface area contributed by atoms with Crippen LogP contribution in [-0.2, 0) is 5.41 Å². The summed E-state index contributed by atoms with van der Waals surface area (Å²) in [6.07, 6.45) is 0. The molecule has 0 aliphatic carbocycles. The SMILES string of the molecule is CNC(=O)c1ccc(O)cc1C(C)(C)C. The minimum atomic E-state index is -0.166. The van der Waals surface area contributed by atoms with Crippen LogP contribution in [0.2, 0.25) is 0 Å². The standard InChI is InChI=1S/C12H17NO2/c1-12(2,3)10-7-8(14)5-6-9(10)11(15)13-4/h5-7,14H,1-4H3,(H,13,15). The first-order valence-electron chi connectivity index (χ1n) is 4.92. The summed E-state index contributed by atoms with van der Waals surface area (Å²) in [6, 6.07) is 4.82. The van der Waals surface area contributed by atoms with Gasteiger partial charge in [-0.15, -0.1) is 0 Å². The molecule has 0 aliphatic heterocycles. The Kier molecular flexibility index (Phi) is 3.03. The van der Waals surface area contributed by atoms with Crippen molar-refractivity contribution in [3.8, 4) is 5.75 Å². The number of aromatic hydroxyl groups is 1. The molecule has 0 radical (unpaired) electrons. The lowest BCUT2D eigenvalue weighted by molar-refractivity contribution is 0.0961. The summed E-state index contributed by atoms with van der Waals surface area (Å²) in [7, 11) is 1.60. The van der Waals surface area contributed by atoms with Gasteiger partial charge in [-0.3, -0.25) is 4.79 Å². The van der Waals surface area contributed by atoms with Crippen LogP contribution >= 0.6 is 0 Å². The van der Waals surface area contributed by atoms with E-state index in [1.54, 1.807) is 19.2 Å². The Morgan fingerprint density at radius 1 is 1.33 bits per heavy atom. The van der Waals surface area contributed by atoms with E-state index in [0.717, 1.165) is 5.56 Å². The normalized spacial score (nSPS) is 11.2. The number of phenols is 1. The molecule has 0 heterocycles. The minimum Gasteiger partial charge on any atom is -0.508 e. The molecule has 3 heteroatoms. The number of hydrogen-bond donors (Lipinski definition) is 2. The number of nitrogens with one attached hydrogen (secondary N) is 1. The average molecular weight is 207 g/mol. The van der Waals surface area contributed by atoms with Crippen molar-refractivity contribution in [1.82, 2.24) is 5.32 Å². The number of hydrogen-bond acceptors (Lipinski definition) is 2. The van der Waals surface area contributed by atoms with Crippen molar-refractivity contribution in [2.75, 3.05) is 7.05 Å². The van der Waals surface area contributed by atoms with Gasteiger partial charge in [0.2, 0.25) is 0 Å². The molecule has 0 spiro atoms. The molecule has 0 aliphatic rings. The monoisotopic (exact) mass is 207 g/mol. The van der Waals surface area contributed by atoms with Crippen molar-refractivity contribution >= 4 is 5.91 Å². The van der Waals surface area contributed by atoms with Gasteiger partial charge in [0.05, 0.1) is 0 Å². The Bertz CT molecular complexity index is 378. The predicted molar refractivity (Wildman–Crippen MR) is 60.2 cm³/mol. The van der Waals surface area contributed by atoms with Crippen LogP contribution < -0.4 is 5.32 Å². The van der Waals surface area contributed by atoms with Crippen molar-refractivity contribution in [3.63, 3.8) is 0 Å². The van der Waals surface area contributed by atoms with E-state index in [1.807, 2.05) is 20.8 Å². The Hall–Kier alpha value is -1.51. The van der Waals surface area contributed by atoms with Gasteiger partial charge in [0.25, 0.3) is 5.91 Å². The molecule has 1 amide bonds. The van der Waals surface area contributed by atoms with Crippen LogP contribution in [-0.4, -0.2) is 18.1 Å². The lowest BCUT2D eigenvalue weighted by Gasteiger charge is -2.22. The van der Waals surface area contributed by atoms with Gasteiger partial charge < -0.3 is 10.4 Å². The summed E-state index contributed by atoms with van der Waals surface area (Å²) in [5.41, 5.74) is 1.30. The number of carbonyl (C=O) groups excluding carboxylic acids is 1. The lowest BCUT2D eigenvalue weighted by Crippen LogP contribution is -2.23. The lowest BCUT2D eigenvalue weighted by atomic mass is 9.83. The number of amides is 1. The fourth-order valence-electron chi connectivity index (χ4n) is 1.49. The summed E-state index contributed by atoms with van der Waals surface area (Å²) in [6.45, 7) is 6.02. The molecule has 0 bridgehead atoms. The highest BCUT2D eigenvalue weighted by molar-refractivity contribution is 5.96. The Morgan fingerprint density at radius 2 is 1.93 bits per heavy atom. The van der Waals surface area contributed by atoms with E-state index in [4.69, 9.17) is 0 Å². The highest BCUT2D eigenvalue weighted by Gasteiger charge is 2.21. The molecule has 15 heavy (non-hydrogen) atoms. The Morgan fingerprint density at radius 3 is 2.40 bits per heavy atom. The zero-order chi connectivity index (χ0) is 11.6. The van der Waals surface area contributed by atoms with E-state index in [2.05, 4.69) is 5.32 Å². The Balaban J connectivity index is 3.33. The second kappa shape index (κ2) is 3.93. The second-order valence-corrected chi connectivity index (χ2v) is 4.56. The van der Waals surface area contributed by atoms with Crippen LogP contribution in [0.25, 0.3) is 0 Å². The molecule has 2 N–H and O–H groups in total. The molecule has 0 aromatic heterocycles. The number of phenolic OH excluding ortho intramolecular Hbond substituents is 1. The first-order valence-corrected chi connectivity index (χ1v) is 4.92. The fourth-order valence-corrected chi connectivity index (χ4v) is 1.49. The molecule has 3 nitrogen and oxygen atoms in total. The number of carbonyl (C=O) groups is 1. The average Bonchev–Trinajstić information content (AvgIpc) is 2.15. The van der Waals surface area contributed by atoms with Crippen molar-refractivity contribution < 1.29 is 9.90 Å². The minimum absolute atomic E-state index is 0.125. The fraction of sp³-hybridized carbons (Fsp3) is 0.417. The maximum Gasteiger partial charge on any atom is 0.251 e. The third-order valence-corrected chi connectivity index (χ3v) is 2.28. The maximum absolute atomic E-state index is 11.6. The molecule has 0 atom stereocenters. The van der Waals surface area contributed by atoms with Gasteiger partial charge >= 0.3 is 0 Å². The van der Waals surface area contributed by atoms with Gasteiger partial charge in [-0.2, -0.15) is 0 Å². The predicted octanol–water partition coefficient (Wildman–Crippen LogP) is 2.05. The zero-order valence-corrected chi connectivity index (χ0v) is 9.59. The van der Waals surface area contributed by atoms with E-state index in [-0.39, 0.29) is 17.1 Å². The molecule has 0 unspecified atom stereocenters. The third-order valence-electron chi connectivity index (χ3n) is 2.28. The molecule has 1 aromatic rings. The maximum atomic E-state index is 11.6. The molecule has 1 aromatic carbocycles. The largest absolute Gasteiger partial charge is 0.508 e. The van der Waals surface area contributed by atoms with Crippen LogP contribution in [0.5, 0.6) is 5.75 Å². The van der Waals surface area contributed by atoms with Crippen molar-refractivity contribution in [2.24, 2.45) is 0 Å². The quantitative estimate of drug-likeness (QED) is 0.740. The first-order chi connectivity index (χ1) is 6.86. The Labute approximate surface area is 90.1 Å². The van der Waals surface area contributed by atoms with Crippen LogP contribution in [0.3, 0.4) is 0 Å². The molecule has 1 rings (SSSR count). The van der Waals surface area contributed by atoms with Gasteiger partial charge in [-0.25, -0.2) is 0 Å². The van der Waals surface area contributed by atoms with Crippen molar-refractivity contribution in [2.45, 2.75) is 26.2 Å². The van der Waals surface area contributed by atoms with E-state index in [0.29, 0.717) is 5.56 Å². The van der Waals surface area contributed by atoms with Crippen LogP contribution in [0.1, 0.15) is 36.7 Å². The summed E-state index contributed by atoms with van der Waals surface area (Å²) < 4.78 is 0. The third kappa shape index (κ3) is 2.49. The molecular weight excluding hydrogens is 190 g/mol. The van der Waals surface area contributed by atoms with Gasteiger partial charge in [-0.1, -0.05) is 20.8 Å². The summed E-state index contributed by atoms with van der Waals surface area (Å²) >= 11 is 0. The summed E-state index contributed by atoms with van der Waals surface area (Å²) in [4.78, 5) is 11.6. The van der Waals surface area contributed by atoms with Crippen LogP contribution in [0.4, 0.5) is 0 Å². The van der Waals surface area contributed by atoms with Gasteiger partial charge in [0.15, 0.2) is 0 Å². The van der Waals surface area contributed by atoms with Crippen LogP contribution in [0, 0.1) is 0 Å². The number of rotatable bonds is 1. The smallest absolute Gasteiger partial charge is 0.251 e. The molecular formula is C12H17NO2. The topological polar surface area (TPSA) is 49.3 Å². The van der Waals surface area contributed by atoms with E-state index < -0.39 is 0 Å². The molecule has 0 saturated heterocycles. The van der Waals surface area contributed by atoms with Gasteiger partial charge in [0, 0.05) is 12.6 Å². The van der Waals surface area contributed by atoms with E-state index in [1.165, 1.54) is 6.07 Å². The first kappa shape index (κ1) is 11.6. The highest BCUT2D eigenvalue weighted by atomic mass is 16.3. The second-order valence-electron chi connectivity index (χ2n) is 4.56.